The van der Waals surface area contributed by atoms with Crippen LogP contribution >= 0.6 is 15.9 Å². The van der Waals surface area contributed by atoms with Gasteiger partial charge in [-0.1, -0.05) is 22.0 Å². The molecule has 0 unspecified atom stereocenters. The fraction of sp³-hybridized carbons (Fsp3) is 0.538. The van der Waals surface area contributed by atoms with E-state index in [1.54, 1.807) is 12.1 Å². The first-order chi connectivity index (χ1) is 8.64. The first kappa shape index (κ1) is 14.8. The molecule has 0 radical (unpaired) electrons. The summed E-state index contributed by atoms with van der Waals surface area (Å²) in [5, 5.41) is 9.96. The van der Waals surface area contributed by atoms with Crippen molar-refractivity contribution in [3.63, 3.8) is 0 Å². The van der Waals surface area contributed by atoms with Gasteiger partial charge in [0.2, 0.25) is 0 Å². The van der Waals surface area contributed by atoms with Crippen molar-refractivity contribution < 1.29 is 14.4 Å². The largest absolute Gasteiger partial charge is 0.508 e. The molecule has 104 valence electrons. The van der Waals surface area contributed by atoms with E-state index in [9.17, 15) is 5.11 Å². The van der Waals surface area contributed by atoms with Crippen molar-refractivity contribution in [1.29, 1.82) is 0 Å². The molecule has 1 aliphatic heterocycles. The Hall–Kier alpha value is -0.555. The molecule has 0 saturated carbocycles. The van der Waals surface area contributed by atoms with Crippen LogP contribution in [0.1, 0.15) is 39.2 Å². The van der Waals surface area contributed by atoms with E-state index in [1.165, 1.54) is 0 Å². The van der Waals surface area contributed by atoms with Gasteiger partial charge in [0.25, 0.3) is 0 Å². The molecule has 0 bridgehead atoms. The Morgan fingerprint density at radius 2 is 1.74 bits per heavy atom. The Labute approximate surface area is 122 Å². The Balaban J connectivity index is 2.24. The molecular weight excluding hydrogens is 309 g/mol. The standard InChI is InChI=1S/C13H19BBrNO3/c1-12(2)13(3,4)19-14(18-12)11(16)9-6-5-8(15)7-10(9)17/h5-7,11,17H,16H2,1-4H3/t11-/m1/s1. The minimum Gasteiger partial charge on any atom is -0.508 e. The fourth-order valence-electron chi connectivity index (χ4n) is 1.98. The molecule has 1 aromatic carbocycles. The quantitative estimate of drug-likeness (QED) is 0.820. The average molecular weight is 328 g/mol. The van der Waals surface area contributed by atoms with Gasteiger partial charge in [-0.3, -0.25) is 0 Å². The number of nitrogens with two attached hydrogens (primary N) is 1. The lowest BCUT2D eigenvalue weighted by Gasteiger charge is -2.32. The van der Waals surface area contributed by atoms with Crippen molar-refractivity contribution in [3.05, 3.63) is 28.2 Å². The Morgan fingerprint density at radius 1 is 1.21 bits per heavy atom. The van der Waals surface area contributed by atoms with Crippen molar-refractivity contribution in [2.75, 3.05) is 0 Å². The molecule has 1 aromatic rings. The van der Waals surface area contributed by atoms with Crippen molar-refractivity contribution in [3.8, 4) is 5.75 Å². The summed E-state index contributed by atoms with van der Waals surface area (Å²) in [6.07, 6.45) is 0. The van der Waals surface area contributed by atoms with E-state index in [1.807, 2.05) is 33.8 Å². The number of phenols is 1. The summed E-state index contributed by atoms with van der Waals surface area (Å²) in [7, 11) is -0.572. The minimum absolute atomic E-state index is 0.136. The highest BCUT2D eigenvalue weighted by Crippen LogP contribution is 2.40. The van der Waals surface area contributed by atoms with E-state index < -0.39 is 24.3 Å². The molecule has 6 heteroatoms. The van der Waals surface area contributed by atoms with Crippen LogP contribution in [0.15, 0.2) is 22.7 Å². The molecule has 1 saturated heterocycles. The lowest BCUT2D eigenvalue weighted by atomic mass is 9.74. The second-order valence-electron chi connectivity index (χ2n) is 5.85. The smallest absolute Gasteiger partial charge is 0.480 e. The lowest BCUT2D eigenvalue weighted by molar-refractivity contribution is 0.00578. The maximum Gasteiger partial charge on any atom is 0.480 e. The van der Waals surface area contributed by atoms with Crippen LogP contribution in [0.4, 0.5) is 0 Å². The first-order valence-electron chi connectivity index (χ1n) is 6.24. The van der Waals surface area contributed by atoms with Gasteiger partial charge in [0, 0.05) is 10.0 Å². The van der Waals surface area contributed by atoms with Crippen LogP contribution in [0.2, 0.25) is 0 Å². The van der Waals surface area contributed by atoms with Crippen LogP contribution in [0.3, 0.4) is 0 Å². The predicted octanol–water partition coefficient (Wildman–Crippen LogP) is 2.79. The van der Waals surface area contributed by atoms with Gasteiger partial charge in [0.05, 0.1) is 17.1 Å². The molecule has 0 amide bonds. The second kappa shape index (κ2) is 4.77. The van der Waals surface area contributed by atoms with E-state index in [-0.39, 0.29) is 5.75 Å². The third-order valence-electron chi connectivity index (χ3n) is 3.92. The number of hydrogen-bond donors (Lipinski definition) is 2. The van der Waals surface area contributed by atoms with E-state index in [0.29, 0.717) is 5.56 Å². The van der Waals surface area contributed by atoms with Gasteiger partial charge < -0.3 is 20.1 Å². The summed E-state index contributed by atoms with van der Waals surface area (Å²) in [6.45, 7) is 7.89. The number of aromatic hydroxyl groups is 1. The maximum atomic E-state index is 9.96. The van der Waals surface area contributed by atoms with Crippen molar-refractivity contribution in [2.45, 2.75) is 44.8 Å². The van der Waals surface area contributed by atoms with Gasteiger partial charge in [-0.2, -0.15) is 0 Å². The molecular formula is C13H19BBrNO3. The maximum absolute atomic E-state index is 9.96. The van der Waals surface area contributed by atoms with E-state index in [0.717, 1.165) is 4.47 Å². The van der Waals surface area contributed by atoms with E-state index in [2.05, 4.69) is 15.9 Å². The van der Waals surface area contributed by atoms with Gasteiger partial charge in [-0.15, -0.1) is 0 Å². The Morgan fingerprint density at radius 3 is 2.21 bits per heavy atom. The van der Waals surface area contributed by atoms with Gasteiger partial charge in [0.15, 0.2) is 0 Å². The van der Waals surface area contributed by atoms with Crippen LogP contribution in [-0.4, -0.2) is 23.4 Å². The predicted molar refractivity (Wildman–Crippen MR) is 78.8 cm³/mol. The molecule has 1 heterocycles. The molecule has 1 fully saturated rings. The molecule has 1 atom stereocenters. The van der Waals surface area contributed by atoms with Gasteiger partial charge in [0.1, 0.15) is 5.75 Å². The molecule has 2 rings (SSSR count). The van der Waals surface area contributed by atoms with Crippen molar-refractivity contribution in [1.82, 2.24) is 0 Å². The molecule has 4 nitrogen and oxygen atoms in total. The summed E-state index contributed by atoms with van der Waals surface area (Å²) in [5.41, 5.74) is 5.92. The molecule has 0 aromatic heterocycles. The summed E-state index contributed by atoms with van der Waals surface area (Å²) < 4.78 is 12.6. The lowest BCUT2D eigenvalue weighted by Crippen LogP contribution is -2.41. The highest BCUT2D eigenvalue weighted by atomic mass is 79.9. The molecule has 0 spiro atoms. The summed E-state index contributed by atoms with van der Waals surface area (Å²) in [4.78, 5) is 0. The van der Waals surface area contributed by atoms with Crippen molar-refractivity contribution >= 4 is 23.0 Å². The Bertz CT molecular complexity index is 477. The highest BCUT2D eigenvalue weighted by molar-refractivity contribution is 9.10. The molecule has 0 aliphatic carbocycles. The van der Waals surface area contributed by atoms with Crippen LogP contribution in [0.5, 0.6) is 5.75 Å². The zero-order chi connectivity index (χ0) is 14.4. The second-order valence-corrected chi connectivity index (χ2v) is 6.77. The zero-order valence-corrected chi connectivity index (χ0v) is 13.2. The highest BCUT2D eigenvalue weighted by Gasteiger charge is 2.53. The topological polar surface area (TPSA) is 64.7 Å². The SMILES string of the molecule is CC1(C)OB([C@H](N)c2ccc(Br)cc2O)OC1(C)C. The number of halogens is 1. The van der Waals surface area contributed by atoms with Crippen LogP contribution in [0, 0.1) is 0 Å². The third kappa shape index (κ3) is 2.67. The molecule has 1 aliphatic rings. The van der Waals surface area contributed by atoms with E-state index >= 15 is 0 Å². The number of phenolic OH excluding ortho intramolecular Hbond substituents is 1. The molecule has 3 N–H and O–H groups in total. The third-order valence-corrected chi connectivity index (χ3v) is 4.41. The van der Waals surface area contributed by atoms with Gasteiger partial charge in [-0.25, -0.2) is 0 Å². The van der Waals surface area contributed by atoms with Gasteiger partial charge >= 0.3 is 7.12 Å². The average Bonchev–Trinajstić information content (AvgIpc) is 2.47. The summed E-state index contributed by atoms with van der Waals surface area (Å²) in [5.74, 6) is -0.397. The Kier molecular flexibility index (Phi) is 3.73. The van der Waals surface area contributed by atoms with Crippen molar-refractivity contribution in [2.24, 2.45) is 5.73 Å². The normalized spacial score (nSPS) is 22.5. The van der Waals surface area contributed by atoms with E-state index in [4.69, 9.17) is 15.0 Å². The zero-order valence-electron chi connectivity index (χ0n) is 11.6. The van der Waals surface area contributed by atoms with Crippen LogP contribution < -0.4 is 5.73 Å². The summed E-state index contributed by atoms with van der Waals surface area (Å²) in [6, 6.07) is 5.22. The van der Waals surface area contributed by atoms with Crippen LogP contribution in [0.25, 0.3) is 0 Å². The minimum atomic E-state index is -0.572. The fourth-order valence-corrected chi connectivity index (χ4v) is 2.33. The number of benzene rings is 1. The monoisotopic (exact) mass is 327 g/mol. The summed E-state index contributed by atoms with van der Waals surface area (Å²) >= 11 is 3.30. The number of hydrogen-bond acceptors (Lipinski definition) is 4. The van der Waals surface area contributed by atoms with Gasteiger partial charge in [-0.05, 0) is 39.8 Å². The molecule has 19 heavy (non-hydrogen) atoms. The number of rotatable bonds is 2. The first-order valence-corrected chi connectivity index (χ1v) is 7.03. The van der Waals surface area contributed by atoms with Crippen LogP contribution in [-0.2, 0) is 9.31 Å².